The van der Waals surface area contributed by atoms with Crippen LogP contribution in [0, 0.1) is 0 Å². The van der Waals surface area contributed by atoms with Crippen molar-refractivity contribution in [3.8, 4) is 0 Å². The van der Waals surface area contributed by atoms with Gasteiger partial charge in [0.05, 0.1) is 19.2 Å². The third kappa shape index (κ3) is 9.69. The number of aliphatic hydroxyl groups is 1. The Morgan fingerprint density at radius 3 is 2.13 bits per heavy atom. The highest BCUT2D eigenvalue weighted by Gasteiger charge is 2.27. The van der Waals surface area contributed by atoms with Crippen molar-refractivity contribution in [2.45, 2.75) is 37.4 Å². The molecule has 12 heteroatoms. The maximum absolute atomic E-state index is 12.2. The van der Waals surface area contributed by atoms with Gasteiger partial charge in [0.15, 0.2) is 0 Å². The maximum atomic E-state index is 12.2. The quantitative estimate of drug-likeness (QED) is 0.175. The third-order valence-electron chi connectivity index (χ3n) is 4.15. The zero-order valence-electron chi connectivity index (χ0n) is 16.6. The average Bonchev–Trinajstić information content (AvgIpc) is 2.73. The molecule has 31 heavy (non-hydrogen) atoms. The molecule has 0 aliphatic heterocycles. The molecule has 0 saturated heterocycles. The summed E-state index contributed by atoms with van der Waals surface area (Å²) in [5.74, 6) is -5.12. The lowest BCUT2D eigenvalue weighted by Gasteiger charge is -2.20. The van der Waals surface area contributed by atoms with Crippen molar-refractivity contribution in [1.29, 1.82) is 0 Å². The summed E-state index contributed by atoms with van der Waals surface area (Å²) in [6.07, 6.45) is -0.564. The molecular weight excluding hydrogens is 412 g/mol. The zero-order valence-corrected chi connectivity index (χ0v) is 16.6. The molecule has 170 valence electrons. The third-order valence-corrected chi connectivity index (χ3v) is 4.15. The number of rotatable bonds is 13. The predicted molar refractivity (Wildman–Crippen MR) is 107 cm³/mol. The van der Waals surface area contributed by atoms with E-state index in [1.165, 1.54) is 0 Å². The fraction of sp³-hybridized carbons (Fsp3) is 0.421. The number of carbonyl (C=O) groups excluding carboxylic acids is 3. The molecule has 0 spiro atoms. The van der Waals surface area contributed by atoms with Gasteiger partial charge in [-0.1, -0.05) is 30.3 Å². The monoisotopic (exact) mass is 438 g/mol. The molecule has 3 amide bonds. The molecule has 3 unspecified atom stereocenters. The molecule has 0 heterocycles. The van der Waals surface area contributed by atoms with Gasteiger partial charge in [0.1, 0.15) is 12.1 Å². The fourth-order valence-corrected chi connectivity index (χ4v) is 2.50. The summed E-state index contributed by atoms with van der Waals surface area (Å²) in [5, 5.41) is 33.3. The topological polar surface area (TPSA) is 208 Å². The molecule has 8 N–H and O–H groups in total. The molecule has 0 aliphatic carbocycles. The largest absolute Gasteiger partial charge is 0.481 e. The van der Waals surface area contributed by atoms with E-state index in [1.54, 1.807) is 24.3 Å². The van der Waals surface area contributed by atoms with Crippen molar-refractivity contribution in [1.82, 2.24) is 16.0 Å². The molecule has 12 nitrogen and oxygen atoms in total. The van der Waals surface area contributed by atoms with Crippen LogP contribution in [0.15, 0.2) is 30.3 Å². The van der Waals surface area contributed by atoms with E-state index in [1.807, 2.05) is 11.4 Å². The van der Waals surface area contributed by atoms with Crippen LogP contribution in [0.3, 0.4) is 0 Å². The number of amides is 3. The van der Waals surface area contributed by atoms with Crippen LogP contribution in [0.5, 0.6) is 0 Å². The van der Waals surface area contributed by atoms with Crippen LogP contribution in [-0.2, 0) is 30.4 Å². The van der Waals surface area contributed by atoms with Crippen molar-refractivity contribution < 1.29 is 39.3 Å². The lowest BCUT2D eigenvalue weighted by Crippen LogP contribution is -2.54. The second-order valence-corrected chi connectivity index (χ2v) is 6.65. The van der Waals surface area contributed by atoms with E-state index < -0.39 is 67.4 Å². The number of carboxylic acid groups (broad SMARTS) is 2. The first-order valence-electron chi connectivity index (χ1n) is 9.36. The molecule has 3 atom stereocenters. The zero-order chi connectivity index (χ0) is 23.4. The molecule has 0 saturated carbocycles. The Hall–Kier alpha value is -3.51. The van der Waals surface area contributed by atoms with E-state index in [2.05, 4.69) is 10.6 Å². The fourth-order valence-electron chi connectivity index (χ4n) is 2.50. The first-order valence-corrected chi connectivity index (χ1v) is 9.36. The Morgan fingerprint density at radius 1 is 0.935 bits per heavy atom. The summed E-state index contributed by atoms with van der Waals surface area (Å²) in [5.41, 5.74) is 6.64. The van der Waals surface area contributed by atoms with E-state index in [-0.39, 0.29) is 12.8 Å². The van der Waals surface area contributed by atoms with E-state index in [9.17, 15) is 24.0 Å². The molecule has 1 rings (SSSR count). The van der Waals surface area contributed by atoms with Crippen molar-refractivity contribution in [3.05, 3.63) is 35.9 Å². The van der Waals surface area contributed by atoms with Crippen LogP contribution >= 0.6 is 0 Å². The minimum Gasteiger partial charge on any atom is -0.481 e. The number of benzene rings is 1. The van der Waals surface area contributed by atoms with Crippen LogP contribution in [0.1, 0.15) is 18.4 Å². The Kier molecular flexibility index (Phi) is 10.6. The van der Waals surface area contributed by atoms with Crippen LogP contribution < -0.4 is 21.7 Å². The Balaban J connectivity index is 2.62. The molecule has 0 radical (unpaired) electrons. The number of hydrogen-bond donors (Lipinski definition) is 7. The van der Waals surface area contributed by atoms with Crippen LogP contribution in [-0.4, -0.2) is 76.3 Å². The van der Waals surface area contributed by atoms with Gasteiger partial charge < -0.3 is 37.0 Å². The van der Waals surface area contributed by atoms with Crippen molar-refractivity contribution in [3.63, 3.8) is 0 Å². The SMILES string of the molecule is NC(Cc1ccccc1)C(=O)NCC(=O)NC(CCC(=O)O)C(=O)NC(CO)C(=O)O. The molecule has 0 bridgehead atoms. The Morgan fingerprint density at radius 2 is 1.58 bits per heavy atom. The van der Waals surface area contributed by atoms with Crippen molar-refractivity contribution >= 4 is 29.7 Å². The molecular formula is C19H26N4O8. The van der Waals surface area contributed by atoms with Gasteiger partial charge in [0.25, 0.3) is 0 Å². The lowest BCUT2D eigenvalue weighted by molar-refractivity contribution is -0.144. The highest BCUT2D eigenvalue weighted by atomic mass is 16.4. The minimum absolute atomic E-state index is 0.246. The molecule has 0 aromatic heterocycles. The van der Waals surface area contributed by atoms with Crippen LogP contribution in [0.2, 0.25) is 0 Å². The molecule has 1 aromatic carbocycles. The number of aliphatic carboxylic acids is 2. The second-order valence-electron chi connectivity index (χ2n) is 6.65. The summed E-state index contributed by atoms with van der Waals surface area (Å²) in [6.45, 7) is -1.42. The number of hydrogen-bond acceptors (Lipinski definition) is 7. The summed E-state index contributed by atoms with van der Waals surface area (Å²) < 4.78 is 0. The highest BCUT2D eigenvalue weighted by molar-refractivity contribution is 5.92. The van der Waals surface area contributed by atoms with E-state index in [0.717, 1.165) is 5.56 Å². The summed E-state index contributed by atoms with van der Waals surface area (Å²) >= 11 is 0. The van der Waals surface area contributed by atoms with Crippen LogP contribution in [0.25, 0.3) is 0 Å². The van der Waals surface area contributed by atoms with E-state index >= 15 is 0 Å². The first kappa shape index (κ1) is 25.5. The normalized spacial score (nSPS) is 13.4. The number of nitrogens with two attached hydrogens (primary N) is 1. The van der Waals surface area contributed by atoms with Crippen molar-refractivity contribution in [2.75, 3.05) is 13.2 Å². The molecule has 0 fully saturated rings. The highest BCUT2D eigenvalue weighted by Crippen LogP contribution is 2.02. The van der Waals surface area contributed by atoms with Crippen molar-refractivity contribution in [2.24, 2.45) is 5.73 Å². The number of aliphatic hydroxyl groups excluding tert-OH is 1. The van der Waals surface area contributed by atoms with Gasteiger partial charge >= 0.3 is 11.9 Å². The number of carboxylic acids is 2. The summed E-state index contributed by atoms with van der Waals surface area (Å²) in [7, 11) is 0. The predicted octanol–water partition coefficient (Wildman–Crippen LogP) is -2.42. The van der Waals surface area contributed by atoms with E-state index in [4.69, 9.17) is 21.1 Å². The van der Waals surface area contributed by atoms with Gasteiger partial charge in [-0.05, 0) is 18.4 Å². The lowest BCUT2D eigenvalue weighted by atomic mass is 10.1. The maximum Gasteiger partial charge on any atom is 0.328 e. The van der Waals surface area contributed by atoms with Gasteiger partial charge in [0.2, 0.25) is 17.7 Å². The van der Waals surface area contributed by atoms with E-state index in [0.29, 0.717) is 0 Å². The first-order chi connectivity index (χ1) is 14.6. The minimum atomic E-state index is -1.62. The standard InChI is InChI=1S/C19H26N4O8/c20-12(8-11-4-2-1-3-5-11)17(28)21-9-15(25)22-13(6-7-16(26)27)18(29)23-14(10-24)19(30)31/h1-5,12-14,24H,6-10,20H2,(H,21,28)(H,22,25)(H,23,29)(H,26,27)(H,30,31). The summed E-state index contributed by atoms with van der Waals surface area (Å²) in [4.78, 5) is 58.1. The second kappa shape index (κ2) is 12.9. The average molecular weight is 438 g/mol. The van der Waals surface area contributed by atoms with Crippen LogP contribution in [0.4, 0.5) is 0 Å². The molecule has 1 aromatic rings. The smallest absolute Gasteiger partial charge is 0.328 e. The number of nitrogens with one attached hydrogen (secondary N) is 3. The Labute approximate surface area is 177 Å². The Bertz CT molecular complexity index is 786. The van der Waals surface area contributed by atoms with Gasteiger partial charge in [-0.15, -0.1) is 0 Å². The number of carbonyl (C=O) groups is 5. The summed E-state index contributed by atoms with van der Waals surface area (Å²) in [6, 6.07) is 5.07. The van der Waals surface area contributed by atoms with Gasteiger partial charge in [-0.2, -0.15) is 0 Å². The molecule has 0 aliphatic rings. The van der Waals surface area contributed by atoms with Gasteiger partial charge in [0, 0.05) is 6.42 Å². The van der Waals surface area contributed by atoms with Gasteiger partial charge in [-0.3, -0.25) is 19.2 Å². The van der Waals surface area contributed by atoms with Gasteiger partial charge in [-0.25, -0.2) is 4.79 Å².